The van der Waals surface area contributed by atoms with E-state index in [1.165, 1.54) is 24.5 Å². The first-order chi connectivity index (χ1) is 6.31. The van der Waals surface area contributed by atoms with Crippen molar-refractivity contribution in [3.8, 4) is 0 Å². The molecule has 0 aromatic heterocycles. The molecule has 4 heteroatoms. The summed E-state index contributed by atoms with van der Waals surface area (Å²) < 4.78 is 11.4. The second-order valence-corrected chi connectivity index (χ2v) is 6.91. The zero-order chi connectivity index (χ0) is 9.26. The molecule has 0 spiro atoms. The average molecular weight is 219 g/mol. The molecular formula is C9H17NOS2. The maximum Gasteiger partial charge on any atom is 0.0491 e. The Kier molecular flexibility index (Phi) is 3.32. The van der Waals surface area contributed by atoms with Gasteiger partial charge in [-0.3, -0.25) is 9.11 Å². The fourth-order valence-electron chi connectivity index (χ4n) is 2.23. The number of fused-ring (bicyclic) bond motifs is 2. The minimum atomic E-state index is -0.487. The van der Waals surface area contributed by atoms with Crippen molar-refractivity contribution in [3.63, 3.8) is 0 Å². The molecule has 76 valence electrons. The zero-order valence-electron chi connectivity index (χ0n) is 8.07. The van der Waals surface area contributed by atoms with E-state index in [9.17, 15) is 4.21 Å². The first-order valence-corrected chi connectivity index (χ1v) is 7.54. The summed E-state index contributed by atoms with van der Waals surface area (Å²) in [5.74, 6) is 3.40. The van der Waals surface area contributed by atoms with Crippen LogP contribution in [-0.2, 0) is 10.8 Å². The Bertz CT molecular complexity index is 210. The molecule has 0 N–H and O–H groups in total. The molecule has 0 aromatic carbocycles. The Morgan fingerprint density at radius 2 is 2.46 bits per heavy atom. The highest BCUT2D eigenvalue weighted by atomic mass is 32.2. The topological polar surface area (TPSA) is 20.3 Å². The summed E-state index contributed by atoms with van der Waals surface area (Å²) in [7, 11) is -0.487. The quantitative estimate of drug-likeness (QED) is 0.657. The van der Waals surface area contributed by atoms with E-state index in [0.717, 1.165) is 12.3 Å². The molecule has 2 aliphatic heterocycles. The van der Waals surface area contributed by atoms with Crippen LogP contribution in [0.3, 0.4) is 0 Å². The lowest BCUT2D eigenvalue weighted by molar-refractivity contribution is 0.285. The molecule has 0 saturated carbocycles. The Labute approximate surface area is 86.9 Å². The standard InChI is InChI=1S/C9H17NOS2/c1-2-12-4-3-10-6-9-5-8(10)7-13(9)11/h8-9H,2-7H2,1H3/t8-,9-,13?/m0/s1. The van der Waals surface area contributed by atoms with Gasteiger partial charge in [0.15, 0.2) is 0 Å². The number of nitrogens with zero attached hydrogens (tertiary/aromatic N) is 1. The molecule has 0 aromatic rings. The third-order valence-electron chi connectivity index (χ3n) is 2.94. The predicted octanol–water partition coefficient (Wildman–Crippen LogP) is 0.945. The zero-order valence-corrected chi connectivity index (χ0v) is 9.70. The number of likely N-dealkylation sites (tertiary alicyclic amines) is 1. The maximum atomic E-state index is 11.4. The third kappa shape index (κ3) is 2.10. The molecular weight excluding hydrogens is 202 g/mol. The van der Waals surface area contributed by atoms with Crippen LogP contribution in [0.25, 0.3) is 0 Å². The molecule has 2 aliphatic rings. The van der Waals surface area contributed by atoms with E-state index in [-0.39, 0.29) is 0 Å². The highest BCUT2D eigenvalue weighted by Crippen LogP contribution is 2.30. The molecule has 0 radical (unpaired) electrons. The summed E-state index contributed by atoms with van der Waals surface area (Å²) in [5.41, 5.74) is 0. The van der Waals surface area contributed by atoms with Gasteiger partial charge in [-0.2, -0.15) is 11.8 Å². The summed E-state index contributed by atoms with van der Waals surface area (Å²) in [4.78, 5) is 2.54. The second kappa shape index (κ2) is 4.32. The molecule has 2 fully saturated rings. The van der Waals surface area contributed by atoms with Gasteiger partial charge in [-0.15, -0.1) is 0 Å². The summed E-state index contributed by atoms with van der Waals surface area (Å²) in [6, 6.07) is 0.656. The Hall–Kier alpha value is 0.460. The van der Waals surface area contributed by atoms with E-state index in [2.05, 4.69) is 11.8 Å². The van der Waals surface area contributed by atoms with E-state index in [1.807, 2.05) is 11.8 Å². The van der Waals surface area contributed by atoms with Crippen molar-refractivity contribution >= 4 is 22.6 Å². The molecule has 2 bridgehead atoms. The minimum Gasteiger partial charge on any atom is -0.297 e. The first kappa shape index (κ1) is 9.99. The highest BCUT2D eigenvalue weighted by Gasteiger charge is 2.42. The summed E-state index contributed by atoms with van der Waals surface area (Å²) in [6.07, 6.45) is 1.20. The molecule has 0 aliphatic carbocycles. The van der Waals surface area contributed by atoms with E-state index in [4.69, 9.17) is 0 Å². The predicted molar refractivity (Wildman–Crippen MR) is 59.8 cm³/mol. The van der Waals surface area contributed by atoms with Crippen LogP contribution < -0.4 is 0 Å². The van der Waals surface area contributed by atoms with Crippen LogP contribution in [0.2, 0.25) is 0 Å². The number of hydrogen-bond donors (Lipinski definition) is 0. The third-order valence-corrected chi connectivity index (χ3v) is 5.62. The van der Waals surface area contributed by atoms with Crippen molar-refractivity contribution in [2.24, 2.45) is 0 Å². The average Bonchev–Trinajstić information content (AvgIpc) is 2.63. The smallest absolute Gasteiger partial charge is 0.0491 e. The Morgan fingerprint density at radius 3 is 3.00 bits per heavy atom. The lowest BCUT2D eigenvalue weighted by atomic mass is 10.2. The molecule has 2 rings (SSSR count). The molecule has 2 saturated heterocycles. The van der Waals surface area contributed by atoms with Crippen LogP contribution in [0.5, 0.6) is 0 Å². The van der Waals surface area contributed by atoms with Crippen molar-refractivity contribution in [1.29, 1.82) is 0 Å². The fraction of sp³-hybridized carbons (Fsp3) is 1.00. The fourth-order valence-corrected chi connectivity index (χ4v) is 4.67. The monoisotopic (exact) mass is 219 g/mol. The first-order valence-electron chi connectivity index (χ1n) is 5.00. The minimum absolute atomic E-state index is 0.487. The van der Waals surface area contributed by atoms with E-state index < -0.39 is 10.8 Å². The van der Waals surface area contributed by atoms with Crippen molar-refractivity contribution < 1.29 is 4.21 Å². The van der Waals surface area contributed by atoms with Crippen LogP contribution in [-0.4, -0.2) is 50.7 Å². The Morgan fingerprint density at radius 1 is 1.62 bits per heavy atom. The van der Waals surface area contributed by atoms with Gasteiger partial charge in [0, 0.05) is 46.7 Å². The largest absolute Gasteiger partial charge is 0.297 e. The highest BCUT2D eigenvalue weighted by molar-refractivity contribution is 7.99. The van der Waals surface area contributed by atoms with Gasteiger partial charge in [-0.05, 0) is 12.2 Å². The van der Waals surface area contributed by atoms with Gasteiger partial charge in [-0.25, -0.2) is 0 Å². The molecule has 13 heavy (non-hydrogen) atoms. The SMILES string of the molecule is CCSCCN1C[C@@H]2C[C@H]1CS2=O. The second-order valence-electron chi connectivity index (χ2n) is 3.75. The number of thioether (sulfide) groups is 1. The van der Waals surface area contributed by atoms with Gasteiger partial charge in [0.25, 0.3) is 0 Å². The lowest BCUT2D eigenvalue weighted by Gasteiger charge is -2.25. The normalized spacial score (nSPS) is 38.7. The van der Waals surface area contributed by atoms with Crippen molar-refractivity contribution in [3.05, 3.63) is 0 Å². The van der Waals surface area contributed by atoms with Crippen molar-refractivity contribution in [1.82, 2.24) is 4.90 Å². The van der Waals surface area contributed by atoms with Crippen LogP contribution in [0, 0.1) is 0 Å². The van der Waals surface area contributed by atoms with Crippen LogP contribution in [0.15, 0.2) is 0 Å². The van der Waals surface area contributed by atoms with Crippen LogP contribution >= 0.6 is 11.8 Å². The number of hydrogen-bond acceptors (Lipinski definition) is 3. The van der Waals surface area contributed by atoms with Gasteiger partial charge < -0.3 is 0 Å². The molecule has 2 heterocycles. The summed E-state index contributed by atoms with van der Waals surface area (Å²) in [5, 5.41) is 0.511. The van der Waals surface area contributed by atoms with Crippen LogP contribution in [0.1, 0.15) is 13.3 Å². The van der Waals surface area contributed by atoms with Gasteiger partial charge >= 0.3 is 0 Å². The van der Waals surface area contributed by atoms with E-state index in [1.54, 1.807) is 0 Å². The van der Waals surface area contributed by atoms with Crippen LogP contribution in [0.4, 0.5) is 0 Å². The van der Waals surface area contributed by atoms with Gasteiger partial charge in [0.2, 0.25) is 0 Å². The molecule has 1 unspecified atom stereocenters. The van der Waals surface area contributed by atoms with Crippen molar-refractivity contribution in [2.75, 3.05) is 30.3 Å². The molecule has 2 nitrogen and oxygen atoms in total. The van der Waals surface area contributed by atoms with Crippen molar-refractivity contribution in [2.45, 2.75) is 24.6 Å². The van der Waals surface area contributed by atoms with E-state index in [0.29, 0.717) is 11.3 Å². The van der Waals surface area contributed by atoms with Gasteiger partial charge in [-0.1, -0.05) is 6.92 Å². The van der Waals surface area contributed by atoms with Gasteiger partial charge in [0.1, 0.15) is 0 Å². The van der Waals surface area contributed by atoms with Gasteiger partial charge in [0.05, 0.1) is 0 Å². The summed E-state index contributed by atoms with van der Waals surface area (Å²) in [6.45, 7) is 4.51. The molecule has 3 atom stereocenters. The lowest BCUT2D eigenvalue weighted by Crippen LogP contribution is -2.39. The summed E-state index contributed by atoms with van der Waals surface area (Å²) >= 11 is 2.01. The number of rotatable bonds is 4. The maximum absolute atomic E-state index is 11.4. The Balaban J connectivity index is 1.76. The van der Waals surface area contributed by atoms with E-state index >= 15 is 0 Å². The molecule has 0 amide bonds.